The first-order chi connectivity index (χ1) is 7.59. The van der Waals surface area contributed by atoms with Gasteiger partial charge in [0.15, 0.2) is 0 Å². The van der Waals surface area contributed by atoms with Crippen molar-refractivity contribution in [3.05, 3.63) is 29.8 Å². The Morgan fingerprint density at radius 1 is 1.44 bits per heavy atom. The van der Waals surface area contributed by atoms with Crippen molar-refractivity contribution in [1.82, 2.24) is 0 Å². The highest BCUT2D eigenvalue weighted by molar-refractivity contribution is 5.66. The van der Waals surface area contributed by atoms with Gasteiger partial charge in [0.05, 0.1) is 6.61 Å². The summed E-state index contributed by atoms with van der Waals surface area (Å²) in [6.45, 7) is 4.49. The smallest absolute Gasteiger partial charge is 0.303 e. The predicted octanol–water partition coefficient (Wildman–Crippen LogP) is 2.87. The molecule has 16 heavy (non-hydrogen) atoms. The van der Waals surface area contributed by atoms with Crippen LogP contribution in [0.2, 0.25) is 0 Å². The lowest BCUT2D eigenvalue weighted by Crippen LogP contribution is -2.09. The SMILES string of the molecule is Cc1ccccc1OCCC(C)CC(=O)O. The number of benzene rings is 1. The van der Waals surface area contributed by atoms with E-state index in [4.69, 9.17) is 9.84 Å². The van der Waals surface area contributed by atoms with Crippen LogP contribution in [-0.2, 0) is 4.79 Å². The molecule has 0 aliphatic rings. The Morgan fingerprint density at radius 3 is 2.75 bits per heavy atom. The molecule has 0 heterocycles. The fraction of sp³-hybridized carbons (Fsp3) is 0.462. The van der Waals surface area contributed by atoms with Gasteiger partial charge in [-0.25, -0.2) is 0 Å². The summed E-state index contributed by atoms with van der Waals surface area (Å²) in [7, 11) is 0. The molecule has 0 spiro atoms. The third-order valence-electron chi connectivity index (χ3n) is 2.48. The normalized spacial score (nSPS) is 12.1. The average molecular weight is 222 g/mol. The molecule has 1 aromatic carbocycles. The van der Waals surface area contributed by atoms with E-state index in [0.717, 1.165) is 17.7 Å². The second kappa shape index (κ2) is 6.16. The number of ether oxygens (including phenoxy) is 1. The van der Waals surface area contributed by atoms with Crippen molar-refractivity contribution in [2.75, 3.05) is 6.61 Å². The van der Waals surface area contributed by atoms with Crippen LogP contribution in [0.1, 0.15) is 25.3 Å². The summed E-state index contributed by atoms with van der Waals surface area (Å²) in [5.41, 5.74) is 1.10. The monoisotopic (exact) mass is 222 g/mol. The number of aryl methyl sites for hydroxylation is 1. The quantitative estimate of drug-likeness (QED) is 0.805. The molecule has 1 unspecified atom stereocenters. The lowest BCUT2D eigenvalue weighted by Gasteiger charge is -2.11. The van der Waals surface area contributed by atoms with Gasteiger partial charge in [-0.05, 0) is 30.9 Å². The third-order valence-corrected chi connectivity index (χ3v) is 2.48. The molecule has 1 aromatic rings. The topological polar surface area (TPSA) is 46.5 Å². The summed E-state index contributed by atoms with van der Waals surface area (Å²) < 4.78 is 5.60. The Hall–Kier alpha value is -1.51. The molecule has 0 amide bonds. The Labute approximate surface area is 96.1 Å². The molecule has 0 aliphatic carbocycles. The Morgan fingerprint density at radius 2 is 2.12 bits per heavy atom. The number of rotatable bonds is 6. The van der Waals surface area contributed by atoms with E-state index in [1.807, 2.05) is 38.1 Å². The van der Waals surface area contributed by atoms with E-state index in [-0.39, 0.29) is 12.3 Å². The number of carboxylic acids is 1. The van der Waals surface area contributed by atoms with E-state index >= 15 is 0 Å². The third kappa shape index (κ3) is 4.34. The Kier molecular flexibility index (Phi) is 4.83. The van der Waals surface area contributed by atoms with Gasteiger partial charge in [-0.3, -0.25) is 4.79 Å². The fourth-order valence-electron chi connectivity index (χ4n) is 1.49. The first-order valence-electron chi connectivity index (χ1n) is 5.50. The van der Waals surface area contributed by atoms with E-state index in [0.29, 0.717) is 6.61 Å². The van der Waals surface area contributed by atoms with E-state index in [9.17, 15) is 4.79 Å². The highest BCUT2D eigenvalue weighted by Crippen LogP contribution is 2.17. The molecule has 3 heteroatoms. The van der Waals surface area contributed by atoms with Gasteiger partial charge in [0, 0.05) is 6.42 Å². The van der Waals surface area contributed by atoms with Crippen LogP contribution in [-0.4, -0.2) is 17.7 Å². The van der Waals surface area contributed by atoms with Crippen molar-refractivity contribution >= 4 is 5.97 Å². The van der Waals surface area contributed by atoms with Crippen molar-refractivity contribution in [2.45, 2.75) is 26.7 Å². The Bertz CT molecular complexity index is 347. The lowest BCUT2D eigenvalue weighted by atomic mass is 10.1. The summed E-state index contributed by atoms with van der Waals surface area (Å²) in [5.74, 6) is 0.287. The van der Waals surface area contributed by atoms with E-state index < -0.39 is 5.97 Å². The van der Waals surface area contributed by atoms with Gasteiger partial charge in [-0.1, -0.05) is 25.1 Å². The second-order valence-corrected chi connectivity index (χ2v) is 4.11. The number of aliphatic carboxylic acids is 1. The summed E-state index contributed by atoms with van der Waals surface area (Å²) in [6.07, 6.45) is 0.970. The first kappa shape index (κ1) is 12.6. The van der Waals surface area contributed by atoms with Crippen molar-refractivity contribution in [1.29, 1.82) is 0 Å². The van der Waals surface area contributed by atoms with Gasteiger partial charge < -0.3 is 9.84 Å². The summed E-state index contributed by atoms with van der Waals surface area (Å²) in [5, 5.41) is 8.60. The number of para-hydroxylation sites is 1. The van der Waals surface area contributed by atoms with Crippen LogP contribution >= 0.6 is 0 Å². The molecule has 0 saturated heterocycles. The summed E-state index contributed by atoms with van der Waals surface area (Å²) >= 11 is 0. The first-order valence-corrected chi connectivity index (χ1v) is 5.50. The fourth-order valence-corrected chi connectivity index (χ4v) is 1.49. The Balaban J connectivity index is 2.30. The minimum atomic E-state index is -0.747. The van der Waals surface area contributed by atoms with Crippen molar-refractivity contribution in [2.24, 2.45) is 5.92 Å². The minimum Gasteiger partial charge on any atom is -0.493 e. The van der Waals surface area contributed by atoms with E-state index in [1.165, 1.54) is 0 Å². The number of carbonyl (C=O) groups is 1. The van der Waals surface area contributed by atoms with Gasteiger partial charge in [-0.15, -0.1) is 0 Å². The maximum atomic E-state index is 10.5. The zero-order chi connectivity index (χ0) is 12.0. The molecule has 0 aliphatic heterocycles. The van der Waals surface area contributed by atoms with Crippen LogP contribution in [0.5, 0.6) is 5.75 Å². The van der Waals surface area contributed by atoms with Crippen LogP contribution in [0.25, 0.3) is 0 Å². The highest BCUT2D eigenvalue weighted by atomic mass is 16.5. The molecule has 0 fully saturated rings. The summed E-state index contributed by atoms with van der Waals surface area (Å²) in [6, 6.07) is 7.82. The van der Waals surface area contributed by atoms with Gasteiger partial charge in [0.2, 0.25) is 0 Å². The molecule has 0 saturated carbocycles. The molecular weight excluding hydrogens is 204 g/mol. The predicted molar refractivity (Wildman–Crippen MR) is 62.7 cm³/mol. The summed E-state index contributed by atoms with van der Waals surface area (Å²) in [4.78, 5) is 10.5. The van der Waals surface area contributed by atoms with Crippen molar-refractivity contribution < 1.29 is 14.6 Å². The van der Waals surface area contributed by atoms with E-state index in [2.05, 4.69) is 0 Å². The second-order valence-electron chi connectivity index (χ2n) is 4.11. The van der Waals surface area contributed by atoms with Crippen LogP contribution < -0.4 is 4.74 Å². The van der Waals surface area contributed by atoms with Gasteiger partial charge in [0.25, 0.3) is 0 Å². The van der Waals surface area contributed by atoms with E-state index in [1.54, 1.807) is 0 Å². The van der Waals surface area contributed by atoms with Crippen molar-refractivity contribution in [3.8, 4) is 5.75 Å². The number of hydrogen-bond acceptors (Lipinski definition) is 2. The van der Waals surface area contributed by atoms with Gasteiger partial charge in [0.1, 0.15) is 5.75 Å². The minimum absolute atomic E-state index is 0.154. The standard InChI is InChI=1S/C13H18O3/c1-10(9-13(14)15)7-8-16-12-6-4-3-5-11(12)2/h3-6,10H,7-9H2,1-2H3,(H,14,15). The molecule has 0 bridgehead atoms. The van der Waals surface area contributed by atoms with Gasteiger partial charge >= 0.3 is 5.97 Å². The number of carboxylic acid groups (broad SMARTS) is 1. The molecule has 1 N–H and O–H groups in total. The molecular formula is C13H18O3. The molecule has 1 atom stereocenters. The van der Waals surface area contributed by atoms with Crippen LogP contribution in [0, 0.1) is 12.8 Å². The zero-order valence-electron chi connectivity index (χ0n) is 9.77. The molecule has 0 aromatic heterocycles. The highest BCUT2D eigenvalue weighted by Gasteiger charge is 2.07. The largest absolute Gasteiger partial charge is 0.493 e. The van der Waals surface area contributed by atoms with Crippen LogP contribution in [0.15, 0.2) is 24.3 Å². The maximum Gasteiger partial charge on any atom is 0.303 e. The molecule has 1 rings (SSSR count). The van der Waals surface area contributed by atoms with Crippen LogP contribution in [0.4, 0.5) is 0 Å². The van der Waals surface area contributed by atoms with Crippen molar-refractivity contribution in [3.63, 3.8) is 0 Å². The zero-order valence-corrected chi connectivity index (χ0v) is 9.77. The molecule has 3 nitrogen and oxygen atoms in total. The molecule has 0 radical (unpaired) electrons. The van der Waals surface area contributed by atoms with Crippen LogP contribution in [0.3, 0.4) is 0 Å². The lowest BCUT2D eigenvalue weighted by molar-refractivity contribution is -0.138. The molecule has 88 valence electrons. The number of hydrogen-bond donors (Lipinski definition) is 1. The van der Waals surface area contributed by atoms with Gasteiger partial charge in [-0.2, -0.15) is 0 Å². The average Bonchev–Trinajstić information content (AvgIpc) is 2.19. The maximum absolute atomic E-state index is 10.5.